The van der Waals surface area contributed by atoms with E-state index in [0.29, 0.717) is 23.6 Å². The molecule has 1 aromatic heterocycles. The quantitative estimate of drug-likeness (QED) is 0.597. The van der Waals surface area contributed by atoms with Crippen LogP contribution in [0.4, 0.5) is 0 Å². The second-order valence-corrected chi connectivity index (χ2v) is 6.38. The molecular weight excluding hydrogens is 384 g/mol. The van der Waals surface area contributed by atoms with E-state index in [-0.39, 0.29) is 18.1 Å². The Morgan fingerprint density at radius 2 is 1.73 bits per heavy atom. The minimum absolute atomic E-state index is 0.129. The van der Waals surface area contributed by atoms with Gasteiger partial charge in [-0.1, -0.05) is 24.3 Å². The molecule has 0 aliphatic carbocycles. The van der Waals surface area contributed by atoms with E-state index in [4.69, 9.17) is 9.47 Å². The lowest BCUT2D eigenvalue weighted by molar-refractivity contribution is -0.120. The SMILES string of the molecule is CCNC(=O)CNC(=O)c1nn(-c2ccccc2)cc1-c1ccc(OC)c(OC)c1. The Kier molecular flexibility index (Phi) is 6.69. The minimum Gasteiger partial charge on any atom is -0.493 e. The van der Waals surface area contributed by atoms with E-state index in [1.165, 1.54) is 0 Å². The van der Waals surface area contributed by atoms with Crippen LogP contribution >= 0.6 is 0 Å². The maximum Gasteiger partial charge on any atom is 0.272 e. The first-order valence-electron chi connectivity index (χ1n) is 9.49. The zero-order valence-electron chi connectivity index (χ0n) is 17.1. The third-order valence-electron chi connectivity index (χ3n) is 4.43. The lowest BCUT2D eigenvalue weighted by Gasteiger charge is -2.10. The van der Waals surface area contributed by atoms with Crippen molar-refractivity contribution in [2.24, 2.45) is 0 Å². The number of hydrogen-bond donors (Lipinski definition) is 2. The third kappa shape index (κ3) is 4.60. The average molecular weight is 408 g/mol. The Morgan fingerprint density at radius 3 is 2.40 bits per heavy atom. The van der Waals surface area contributed by atoms with E-state index in [9.17, 15) is 9.59 Å². The van der Waals surface area contributed by atoms with Gasteiger partial charge in [0, 0.05) is 18.3 Å². The first kappa shape index (κ1) is 20.9. The Bertz CT molecular complexity index is 1030. The van der Waals surface area contributed by atoms with Crippen LogP contribution in [0.15, 0.2) is 54.7 Å². The number of rotatable bonds is 8. The van der Waals surface area contributed by atoms with Crippen molar-refractivity contribution in [1.82, 2.24) is 20.4 Å². The van der Waals surface area contributed by atoms with Gasteiger partial charge < -0.3 is 20.1 Å². The van der Waals surface area contributed by atoms with Crippen molar-refractivity contribution < 1.29 is 19.1 Å². The lowest BCUT2D eigenvalue weighted by atomic mass is 10.1. The number of amides is 2. The first-order valence-corrected chi connectivity index (χ1v) is 9.49. The highest BCUT2D eigenvalue weighted by Crippen LogP contribution is 2.33. The molecule has 0 aliphatic rings. The predicted molar refractivity (Wildman–Crippen MR) is 113 cm³/mol. The maximum atomic E-state index is 12.8. The number of carbonyl (C=O) groups excluding carboxylic acids is 2. The van der Waals surface area contributed by atoms with Crippen LogP contribution in [0.3, 0.4) is 0 Å². The van der Waals surface area contributed by atoms with Crippen LogP contribution < -0.4 is 20.1 Å². The van der Waals surface area contributed by atoms with Gasteiger partial charge in [-0.25, -0.2) is 4.68 Å². The van der Waals surface area contributed by atoms with Crippen LogP contribution in [0.1, 0.15) is 17.4 Å². The smallest absolute Gasteiger partial charge is 0.272 e. The molecule has 0 radical (unpaired) electrons. The fourth-order valence-corrected chi connectivity index (χ4v) is 2.97. The molecule has 0 bridgehead atoms. The maximum absolute atomic E-state index is 12.8. The predicted octanol–water partition coefficient (Wildman–Crippen LogP) is 2.42. The van der Waals surface area contributed by atoms with Gasteiger partial charge >= 0.3 is 0 Å². The van der Waals surface area contributed by atoms with Crippen LogP contribution in [0.5, 0.6) is 11.5 Å². The second kappa shape index (κ2) is 9.60. The van der Waals surface area contributed by atoms with Crippen molar-refractivity contribution in [3.05, 3.63) is 60.4 Å². The Labute approximate surface area is 174 Å². The summed E-state index contributed by atoms with van der Waals surface area (Å²) in [7, 11) is 3.11. The van der Waals surface area contributed by atoms with Crippen molar-refractivity contribution in [2.75, 3.05) is 27.3 Å². The second-order valence-electron chi connectivity index (χ2n) is 6.38. The van der Waals surface area contributed by atoms with Crippen LogP contribution in [0.2, 0.25) is 0 Å². The normalized spacial score (nSPS) is 10.4. The molecule has 3 rings (SSSR count). The molecule has 0 aliphatic heterocycles. The van der Waals surface area contributed by atoms with Gasteiger partial charge in [-0.3, -0.25) is 9.59 Å². The van der Waals surface area contributed by atoms with Crippen molar-refractivity contribution in [3.63, 3.8) is 0 Å². The number of carbonyl (C=O) groups is 2. The summed E-state index contributed by atoms with van der Waals surface area (Å²) in [6, 6.07) is 14.8. The van der Waals surface area contributed by atoms with Gasteiger partial charge in [0.15, 0.2) is 17.2 Å². The molecule has 2 amide bonds. The highest BCUT2D eigenvalue weighted by molar-refractivity contribution is 6.00. The van der Waals surface area contributed by atoms with Gasteiger partial charge in [-0.05, 0) is 36.8 Å². The molecule has 1 heterocycles. The largest absolute Gasteiger partial charge is 0.493 e. The monoisotopic (exact) mass is 408 g/mol. The highest BCUT2D eigenvalue weighted by atomic mass is 16.5. The molecule has 0 unspecified atom stereocenters. The van der Waals surface area contributed by atoms with Crippen molar-refractivity contribution in [1.29, 1.82) is 0 Å². The number of nitrogens with zero attached hydrogens (tertiary/aromatic N) is 2. The summed E-state index contributed by atoms with van der Waals surface area (Å²) in [6.45, 7) is 2.18. The number of aromatic nitrogens is 2. The van der Waals surface area contributed by atoms with Crippen molar-refractivity contribution in [2.45, 2.75) is 6.92 Å². The van der Waals surface area contributed by atoms with Crippen molar-refractivity contribution in [3.8, 4) is 28.3 Å². The third-order valence-corrected chi connectivity index (χ3v) is 4.43. The standard InChI is InChI=1S/C22H24N4O4/c1-4-23-20(27)13-24-22(28)21-17(14-26(25-21)16-8-6-5-7-9-16)15-10-11-18(29-2)19(12-15)30-3/h5-12,14H,4,13H2,1-3H3,(H,23,27)(H,24,28). The summed E-state index contributed by atoms with van der Waals surface area (Å²) < 4.78 is 12.3. The topological polar surface area (TPSA) is 94.5 Å². The lowest BCUT2D eigenvalue weighted by Crippen LogP contribution is -2.37. The zero-order valence-corrected chi connectivity index (χ0v) is 17.1. The summed E-state index contributed by atoms with van der Waals surface area (Å²) in [5.74, 6) is 0.414. The van der Waals surface area contributed by atoms with Gasteiger partial charge in [0.2, 0.25) is 5.91 Å². The number of para-hydroxylation sites is 1. The molecular formula is C22H24N4O4. The summed E-state index contributed by atoms with van der Waals surface area (Å²) in [5, 5.41) is 9.75. The number of methoxy groups -OCH3 is 2. The zero-order chi connectivity index (χ0) is 21.5. The van der Waals surface area contributed by atoms with Gasteiger partial charge in [-0.15, -0.1) is 0 Å². The van der Waals surface area contributed by atoms with Crippen LogP contribution in [0.25, 0.3) is 16.8 Å². The molecule has 2 N–H and O–H groups in total. The van der Waals surface area contributed by atoms with E-state index < -0.39 is 5.91 Å². The summed E-state index contributed by atoms with van der Waals surface area (Å²) in [6.07, 6.45) is 1.78. The number of benzene rings is 2. The van der Waals surface area contributed by atoms with Crippen LogP contribution in [-0.4, -0.2) is 48.9 Å². The minimum atomic E-state index is -0.444. The summed E-state index contributed by atoms with van der Waals surface area (Å²) in [5.41, 5.74) is 2.35. The molecule has 0 saturated heterocycles. The number of nitrogens with one attached hydrogen (secondary N) is 2. The summed E-state index contributed by atoms with van der Waals surface area (Å²) >= 11 is 0. The van der Waals surface area contributed by atoms with Crippen LogP contribution in [0, 0.1) is 0 Å². The van der Waals surface area contributed by atoms with E-state index in [0.717, 1.165) is 11.3 Å². The molecule has 0 atom stereocenters. The van der Waals surface area contributed by atoms with E-state index in [2.05, 4.69) is 15.7 Å². The molecule has 8 nitrogen and oxygen atoms in total. The Hall–Kier alpha value is -3.81. The molecule has 0 saturated carbocycles. The van der Waals surface area contributed by atoms with Crippen LogP contribution in [-0.2, 0) is 4.79 Å². The van der Waals surface area contributed by atoms with E-state index in [1.54, 1.807) is 37.2 Å². The molecule has 2 aromatic carbocycles. The van der Waals surface area contributed by atoms with Gasteiger partial charge in [-0.2, -0.15) is 5.10 Å². The Morgan fingerprint density at radius 1 is 1.00 bits per heavy atom. The molecule has 8 heteroatoms. The van der Waals surface area contributed by atoms with E-state index in [1.807, 2.05) is 43.3 Å². The van der Waals surface area contributed by atoms with Gasteiger partial charge in [0.05, 0.1) is 26.5 Å². The highest BCUT2D eigenvalue weighted by Gasteiger charge is 2.20. The molecule has 0 fully saturated rings. The van der Waals surface area contributed by atoms with E-state index >= 15 is 0 Å². The molecule has 3 aromatic rings. The molecule has 0 spiro atoms. The number of ether oxygens (including phenoxy) is 2. The fourth-order valence-electron chi connectivity index (χ4n) is 2.97. The van der Waals surface area contributed by atoms with Crippen molar-refractivity contribution >= 4 is 11.8 Å². The number of hydrogen-bond acceptors (Lipinski definition) is 5. The van der Waals surface area contributed by atoms with Gasteiger partial charge in [0.25, 0.3) is 5.91 Å². The van der Waals surface area contributed by atoms with Gasteiger partial charge in [0.1, 0.15) is 0 Å². The average Bonchev–Trinajstić information content (AvgIpc) is 3.23. The molecule has 30 heavy (non-hydrogen) atoms. The fraction of sp³-hybridized carbons (Fsp3) is 0.227. The summed E-state index contributed by atoms with van der Waals surface area (Å²) in [4.78, 5) is 24.6. The first-order chi connectivity index (χ1) is 14.6. The molecule has 156 valence electrons. The Balaban J connectivity index is 2.01. The number of likely N-dealkylation sites (N-methyl/N-ethyl adjacent to an activating group) is 1.